The zero-order valence-electron chi connectivity index (χ0n) is 12.4. The summed E-state index contributed by atoms with van der Waals surface area (Å²) in [6.45, 7) is 5.85. The molecule has 1 saturated carbocycles. The van der Waals surface area contributed by atoms with Gasteiger partial charge in [0.2, 0.25) is 0 Å². The largest absolute Gasteiger partial charge is 0.395 e. The number of nitrogens with zero attached hydrogens (tertiary/aromatic N) is 1. The van der Waals surface area contributed by atoms with Crippen molar-refractivity contribution in [1.29, 1.82) is 0 Å². The van der Waals surface area contributed by atoms with Gasteiger partial charge < -0.3 is 15.3 Å². The third-order valence-corrected chi connectivity index (χ3v) is 3.79. The van der Waals surface area contributed by atoms with E-state index in [0.29, 0.717) is 12.6 Å². The lowest BCUT2D eigenvalue weighted by Crippen LogP contribution is -2.31. The maximum absolute atomic E-state index is 13.6. The Morgan fingerprint density at radius 2 is 2.20 bits per heavy atom. The van der Waals surface area contributed by atoms with Crippen LogP contribution < -0.4 is 10.2 Å². The molecule has 0 saturated heterocycles. The number of anilines is 1. The molecular weight excluding hydrogens is 255 g/mol. The Labute approximate surface area is 120 Å². The molecule has 1 unspecified atom stereocenters. The molecule has 1 aliphatic carbocycles. The summed E-state index contributed by atoms with van der Waals surface area (Å²) in [6, 6.07) is 5.60. The van der Waals surface area contributed by atoms with Crippen LogP contribution in [0.2, 0.25) is 0 Å². The van der Waals surface area contributed by atoms with Crippen LogP contribution in [0.15, 0.2) is 18.2 Å². The van der Waals surface area contributed by atoms with Gasteiger partial charge >= 0.3 is 0 Å². The number of halogens is 1. The van der Waals surface area contributed by atoms with E-state index >= 15 is 0 Å². The molecule has 0 heterocycles. The maximum atomic E-state index is 13.6. The van der Waals surface area contributed by atoms with Crippen molar-refractivity contribution in [2.24, 2.45) is 0 Å². The van der Waals surface area contributed by atoms with E-state index in [9.17, 15) is 9.50 Å². The number of hydrogen-bond acceptors (Lipinski definition) is 3. The molecule has 20 heavy (non-hydrogen) atoms. The molecule has 112 valence electrons. The molecule has 4 heteroatoms. The van der Waals surface area contributed by atoms with E-state index in [1.54, 1.807) is 6.07 Å². The summed E-state index contributed by atoms with van der Waals surface area (Å²) in [5.41, 5.74) is 2.04. The third-order valence-electron chi connectivity index (χ3n) is 3.79. The van der Waals surface area contributed by atoms with Crippen molar-refractivity contribution in [2.75, 3.05) is 24.6 Å². The van der Waals surface area contributed by atoms with Crippen molar-refractivity contribution in [3.05, 3.63) is 29.6 Å². The predicted octanol–water partition coefficient (Wildman–Crippen LogP) is 2.85. The summed E-state index contributed by atoms with van der Waals surface area (Å²) in [5, 5.41) is 12.7. The fourth-order valence-electron chi connectivity index (χ4n) is 2.60. The summed E-state index contributed by atoms with van der Waals surface area (Å²) in [7, 11) is 0. The Morgan fingerprint density at radius 3 is 2.80 bits per heavy atom. The van der Waals surface area contributed by atoms with Crippen LogP contribution in [-0.4, -0.2) is 30.8 Å². The molecule has 0 radical (unpaired) electrons. The van der Waals surface area contributed by atoms with Gasteiger partial charge in [-0.15, -0.1) is 0 Å². The number of hydrogen-bond donors (Lipinski definition) is 2. The van der Waals surface area contributed by atoms with Crippen LogP contribution in [0.3, 0.4) is 0 Å². The Kier molecular flexibility index (Phi) is 5.38. The molecule has 0 aromatic heterocycles. The van der Waals surface area contributed by atoms with Gasteiger partial charge in [0.15, 0.2) is 0 Å². The highest BCUT2D eigenvalue weighted by Crippen LogP contribution is 2.35. The maximum Gasteiger partial charge on any atom is 0.123 e. The summed E-state index contributed by atoms with van der Waals surface area (Å²) < 4.78 is 13.6. The lowest BCUT2D eigenvalue weighted by molar-refractivity contribution is 0.301. The van der Waals surface area contributed by atoms with Crippen LogP contribution in [-0.2, 0) is 0 Å². The molecule has 0 bridgehead atoms. The van der Waals surface area contributed by atoms with Gasteiger partial charge in [-0.3, -0.25) is 0 Å². The van der Waals surface area contributed by atoms with Crippen LogP contribution in [0.4, 0.5) is 10.1 Å². The molecular formula is C16H25FN2O. The van der Waals surface area contributed by atoms with Gasteiger partial charge in [0.25, 0.3) is 0 Å². The van der Waals surface area contributed by atoms with Crippen LogP contribution in [0.1, 0.15) is 44.7 Å². The molecule has 0 spiro atoms. The average Bonchev–Trinajstić information content (AvgIpc) is 3.27. The van der Waals surface area contributed by atoms with Gasteiger partial charge in [-0.1, -0.05) is 6.92 Å². The van der Waals surface area contributed by atoms with Crippen LogP contribution in [0.5, 0.6) is 0 Å². The fraction of sp³-hybridized carbons (Fsp3) is 0.625. The highest BCUT2D eigenvalue weighted by molar-refractivity contribution is 5.56. The second-order valence-electron chi connectivity index (χ2n) is 5.53. The van der Waals surface area contributed by atoms with Crippen molar-refractivity contribution in [3.63, 3.8) is 0 Å². The first-order valence-corrected chi connectivity index (χ1v) is 7.57. The molecule has 1 atom stereocenters. The Bertz CT molecular complexity index is 434. The van der Waals surface area contributed by atoms with Crippen LogP contribution in [0, 0.1) is 5.82 Å². The van der Waals surface area contributed by atoms with Crippen molar-refractivity contribution in [3.8, 4) is 0 Å². The second-order valence-corrected chi connectivity index (χ2v) is 5.53. The lowest BCUT2D eigenvalue weighted by Gasteiger charge is -2.28. The minimum atomic E-state index is -0.200. The van der Waals surface area contributed by atoms with E-state index in [-0.39, 0.29) is 18.5 Å². The van der Waals surface area contributed by atoms with Gasteiger partial charge in [0.1, 0.15) is 5.82 Å². The SMILES string of the molecule is CCCNC(C)c1cc(F)ccc1N(CCO)C1CC1. The van der Waals surface area contributed by atoms with Crippen molar-refractivity contribution in [2.45, 2.75) is 45.2 Å². The second kappa shape index (κ2) is 7.04. The van der Waals surface area contributed by atoms with E-state index < -0.39 is 0 Å². The minimum absolute atomic E-state index is 0.112. The van der Waals surface area contributed by atoms with Gasteiger partial charge in [0.05, 0.1) is 6.61 Å². The minimum Gasteiger partial charge on any atom is -0.395 e. The van der Waals surface area contributed by atoms with E-state index in [1.165, 1.54) is 6.07 Å². The van der Waals surface area contributed by atoms with E-state index in [4.69, 9.17) is 0 Å². The standard InChI is InChI=1S/C16H25FN2O/c1-3-8-18-12(2)15-11-13(17)4-7-16(15)19(9-10-20)14-5-6-14/h4,7,11-12,14,18,20H,3,5-6,8-10H2,1-2H3. The van der Waals surface area contributed by atoms with Gasteiger partial charge in [-0.25, -0.2) is 4.39 Å². The highest BCUT2D eigenvalue weighted by atomic mass is 19.1. The lowest BCUT2D eigenvalue weighted by atomic mass is 10.0. The summed E-state index contributed by atoms with van der Waals surface area (Å²) >= 11 is 0. The van der Waals surface area contributed by atoms with Gasteiger partial charge in [-0.2, -0.15) is 0 Å². The van der Waals surface area contributed by atoms with Crippen molar-refractivity contribution in [1.82, 2.24) is 5.32 Å². The molecule has 2 rings (SSSR count). The topological polar surface area (TPSA) is 35.5 Å². The quantitative estimate of drug-likeness (QED) is 0.768. The molecule has 1 aromatic rings. The van der Waals surface area contributed by atoms with Crippen molar-refractivity contribution < 1.29 is 9.50 Å². The van der Waals surface area contributed by atoms with Crippen LogP contribution >= 0.6 is 0 Å². The number of nitrogens with one attached hydrogen (secondary N) is 1. The zero-order valence-corrected chi connectivity index (χ0v) is 12.4. The summed E-state index contributed by atoms with van der Waals surface area (Å²) in [6.07, 6.45) is 3.37. The number of rotatable bonds is 8. The van der Waals surface area contributed by atoms with E-state index in [1.807, 2.05) is 6.07 Å². The molecule has 1 fully saturated rings. The van der Waals surface area contributed by atoms with Crippen molar-refractivity contribution >= 4 is 5.69 Å². The van der Waals surface area contributed by atoms with Crippen LogP contribution in [0.25, 0.3) is 0 Å². The normalized spacial score (nSPS) is 16.2. The molecule has 2 N–H and O–H groups in total. The van der Waals surface area contributed by atoms with E-state index in [2.05, 4.69) is 24.1 Å². The fourth-order valence-corrected chi connectivity index (χ4v) is 2.60. The first kappa shape index (κ1) is 15.3. The molecule has 1 aromatic carbocycles. The average molecular weight is 280 g/mol. The number of aliphatic hydroxyl groups is 1. The Balaban J connectivity index is 2.25. The summed E-state index contributed by atoms with van der Waals surface area (Å²) in [4.78, 5) is 2.22. The number of aliphatic hydroxyl groups excluding tert-OH is 1. The highest BCUT2D eigenvalue weighted by Gasteiger charge is 2.30. The molecule has 3 nitrogen and oxygen atoms in total. The molecule has 1 aliphatic rings. The molecule has 0 amide bonds. The first-order valence-electron chi connectivity index (χ1n) is 7.57. The van der Waals surface area contributed by atoms with Gasteiger partial charge in [-0.05, 0) is 56.5 Å². The first-order chi connectivity index (χ1) is 9.67. The number of benzene rings is 1. The predicted molar refractivity (Wildman–Crippen MR) is 80.6 cm³/mol. The third kappa shape index (κ3) is 3.70. The summed E-state index contributed by atoms with van der Waals surface area (Å²) in [5.74, 6) is -0.200. The molecule has 0 aliphatic heterocycles. The monoisotopic (exact) mass is 280 g/mol. The Morgan fingerprint density at radius 1 is 1.45 bits per heavy atom. The van der Waals surface area contributed by atoms with Gasteiger partial charge in [0, 0.05) is 24.3 Å². The zero-order chi connectivity index (χ0) is 14.5. The Hall–Kier alpha value is -1.13. The van der Waals surface area contributed by atoms with E-state index in [0.717, 1.165) is 37.1 Å². The smallest absolute Gasteiger partial charge is 0.123 e.